The number of fused-ring (bicyclic) bond motifs is 1. The van der Waals surface area contributed by atoms with E-state index in [2.05, 4.69) is 31.3 Å². The molecule has 1 heterocycles. The molecule has 0 amide bonds. The Bertz CT molecular complexity index is 333. The smallest absolute Gasteiger partial charge is 0.0624 e. The first-order valence-electron chi connectivity index (χ1n) is 4.67. The molecule has 0 aromatic heterocycles. The van der Waals surface area contributed by atoms with Crippen molar-refractivity contribution in [3.63, 3.8) is 0 Å². The van der Waals surface area contributed by atoms with Gasteiger partial charge < -0.3 is 5.32 Å². The molecular weight excluding hydrogens is 182 g/mol. The van der Waals surface area contributed by atoms with Crippen LogP contribution in [0.25, 0.3) is 0 Å². The van der Waals surface area contributed by atoms with Crippen LogP contribution in [-0.4, -0.2) is 6.54 Å². The second-order valence-corrected chi connectivity index (χ2v) is 4.25. The predicted octanol–water partition coefficient (Wildman–Crippen LogP) is 3.40. The predicted molar refractivity (Wildman–Crippen MR) is 57.6 cm³/mol. The molecule has 0 radical (unpaired) electrons. The van der Waals surface area contributed by atoms with Crippen molar-refractivity contribution >= 4 is 17.3 Å². The van der Waals surface area contributed by atoms with E-state index in [1.807, 2.05) is 0 Å². The normalized spacial score (nSPS) is 20.7. The summed E-state index contributed by atoms with van der Waals surface area (Å²) < 4.78 is 0. The molecule has 1 atom stereocenters. The van der Waals surface area contributed by atoms with Gasteiger partial charge >= 0.3 is 0 Å². The summed E-state index contributed by atoms with van der Waals surface area (Å²) in [7, 11) is 0. The summed E-state index contributed by atoms with van der Waals surface area (Å²) in [6.45, 7) is 5.24. The quantitative estimate of drug-likeness (QED) is 0.626. The molecule has 1 aromatic rings. The number of aryl methyl sites for hydroxylation is 2. The van der Waals surface area contributed by atoms with Gasteiger partial charge in [0.15, 0.2) is 0 Å². The molecule has 2 rings (SSSR count). The Kier molecular flexibility index (Phi) is 2.20. The maximum atomic E-state index is 6.26. The van der Waals surface area contributed by atoms with Crippen LogP contribution < -0.4 is 5.32 Å². The lowest BCUT2D eigenvalue weighted by Crippen LogP contribution is -2.15. The molecule has 0 bridgehead atoms. The van der Waals surface area contributed by atoms with Crippen LogP contribution in [0, 0.1) is 13.8 Å². The highest BCUT2D eigenvalue weighted by Gasteiger charge is 2.19. The fraction of sp³-hybridized carbons (Fsp3) is 0.455. The van der Waals surface area contributed by atoms with Gasteiger partial charge in [0.05, 0.1) is 5.38 Å². The zero-order valence-electron chi connectivity index (χ0n) is 8.02. The van der Waals surface area contributed by atoms with E-state index < -0.39 is 0 Å². The van der Waals surface area contributed by atoms with Gasteiger partial charge in [0.25, 0.3) is 0 Å². The molecule has 1 aliphatic heterocycles. The topological polar surface area (TPSA) is 12.0 Å². The molecule has 2 heteroatoms. The van der Waals surface area contributed by atoms with Crippen LogP contribution in [0.15, 0.2) is 12.1 Å². The van der Waals surface area contributed by atoms with Crippen LogP contribution in [0.1, 0.15) is 28.5 Å². The standard InChI is InChI=1S/C11H14ClN/c1-7-5-8(2)11-9(12)3-4-13-10(11)6-7/h5-6,9,13H,3-4H2,1-2H3. The zero-order chi connectivity index (χ0) is 9.42. The minimum absolute atomic E-state index is 0.192. The molecule has 13 heavy (non-hydrogen) atoms. The van der Waals surface area contributed by atoms with Crippen molar-refractivity contribution in [1.82, 2.24) is 0 Å². The van der Waals surface area contributed by atoms with Gasteiger partial charge in [-0.2, -0.15) is 0 Å². The van der Waals surface area contributed by atoms with E-state index in [1.165, 1.54) is 22.4 Å². The van der Waals surface area contributed by atoms with Gasteiger partial charge in [-0.05, 0) is 43.0 Å². The minimum Gasteiger partial charge on any atom is -0.385 e. The summed E-state index contributed by atoms with van der Waals surface area (Å²) >= 11 is 6.26. The van der Waals surface area contributed by atoms with E-state index in [9.17, 15) is 0 Å². The van der Waals surface area contributed by atoms with Gasteiger partial charge in [-0.1, -0.05) is 6.07 Å². The lowest BCUT2D eigenvalue weighted by molar-refractivity contribution is 0.795. The Balaban J connectivity index is 2.56. The van der Waals surface area contributed by atoms with Crippen molar-refractivity contribution in [2.45, 2.75) is 25.6 Å². The van der Waals surface area contributed by atoms with Gasteiger partial charge in [0.1, 0.15) is 0 Å². The van der Waals surface area contributed by atoms with Crippen LogP contribution in [0.4, 0.5) is 5.69 Å². The molecule has 0 fully saturated rings. The number of hydrogen-bond donors (Lipinski definition) is 1. The fourth-order valence-corrected chi connectivity index (χ4v) is 2.42. The molecular formula is C11H14ClN. The van der Waals surface area contributed by atoms with Crippen molar-refractivity contribution in [2.24, 2.45) is 0 Å². The summed E-state index contributed by atoms with van der Waals surface area (Å²) in [5.41, 5.74) is 5.12. The fourth-order valence-electron chi connectivity index (χ4n) is 2.02. The van der Waals surface area contributed by atoms with E-state index in [0.717, 1.165) is 13.0 Å². The number of rotatable bonds is 0. The number of nitrogens with one attached hydrogen (secondary N) is 1. The number of alkyl halides is 1. The van der Waals surface area contributed by atoms with Gasteiger partial charge in [0.2, 0.25) is 0 Å². The first kappa shape index (κ1) is 8.89. The maximum Gasteiger partial charge on any atom is 0.0624 e. The molecule has 0 spiro atoms. The van der Waals surface area contributed by atoms with Crippen LogP contribution >= 0.6 is 11.6 Å². The van der Waals surface area contributed by atoms with Gasteiger partial charge in [0, 0.05) is 12.2 Å². The third-order valence-electron chi connectivity index (χ3n) is 2.56. The highest BCUT2D eigenvalue weighted by Crippen LogP contribution is 2.37. The Labute approximate surface area is 84.1 Å². The van der Waals surface area contributed by atoms with E-state index in [1.54, 1.807) is 0 Å². The molecule has 0 saturated heterocycles. The van der Waals surface area contributed by atoms with Crippen molar-refractivity contribution in [2.75, 3.05) is 11.9 Å². The lowest BCUT2D eigenvalue weighted by Gasteiger charge is -2.24. The highest BCUT2D eigenvalue weighted by atomic mass is 35.5. The van der Waals surface area contributed by atoms with E-state index >= 15 is 0 Å². The van der Waals surface area contributed by atoms with Crippen molar-refractivity contribution in [3.05, 3.63) is 28.8 Å². The van der Waals surface area contributed by atoms with Crippen LogP contribution in [0.2, 0.25) is 0 Å². The maximum absolute atomic E-state index is 6.26. The van der Waals surface area contributed by atoms with Crippen molar-refractivity contribution in [1.29, 1.82) is 0 Å². The third-order valence-corrected chi connectivity index (χ3v) is 2.99. The summed E-state index contributed by atoms with van der Waals surface area (Å²) in [5.74, 6) is 0. The molecule has 70 valence electrons. The zero-order valence-corrected chi connectivity index (χ0v) is 8.78. The van der Waals surface area contributed by atoms with E-state index in [4.69, 9.17) is 11.6 Å². The van der Waals surface area contributed by atoms with Crippen molar-refractivity contribution in [3.8, 4) is 0 Å². The minimum atomic E-state index is 0.192. The van der Waals surface area contributed by atoms with Crippen LogP contribution in [0.5, 0.6) is 0 Å². The summed E-state index contributed by atoms with van der Waals surface area (Å²) in [6.07, 6.45) is 1.03. The molecule has 1 unspecified atom stereocenters. The summed E-state index contributed by atoms with van der Waals surface area (Å²) in [6, 6.07) is 4.37. The molecule has 1 N–H and O–H groups in total. The van der Waals surface area contributed by atoms with Crippen LogP contribution in [0.3, 0.4) is 0 Å². The van der Waals surface area contributed by atoms with Gasteiger partial charge in [-0.15, -0.1) is 11.6 Å². The second-order valence-electron chi connectivity index (χ2n) is 3.73. The van der Waals surface area contributed by atoms with Crippen LogP contribution in [-0.2, 0) is 0 Å². The largest absolute Gasteiger partial charge is 0.385 e. The Morgan fingerprint density at radius 1 is 1.38 bits per heavy atom. The highest BCUT2D eigenvalue weighted by molar-refractivity contribution is 6.21. The van der Waals surface area contributed by atoms with E-state index in [0.29, 0.717) is 0 Å². The molecule has 0 saturated carbocycles. The van der Waals surface area contributed by atoms with Gasteiger partial charge in [-0.25, -0.2) is 0 Å². The summed E-state index contributed by atoms with van der Waals surface area (Å²) in [4.78, 5) is 0. The lowest BCUT2D eigenvalue weighted by atomic mass is 9.96. The van der Waals surface area contributed by atoms with Crippen molar-refractivity contribution < 1.29 is 0 Å². The average Bonchev–Trinajstić information content (AvgIpc) is 2.02. The third kappa shape index (κ3) is 1.53. The molecule has 1 aliphatic rings. The first-order valence-corrected chi connectivity index (χ1v) is 5.11. The Hall–Kier alpha value is -0.690. The molecule has 0 aliphatic carbocycles. The SMILES string of the molecule is Cc1cc(C)c2c(c1)NCCC2Cl. The molecule has 1 nitrogen and oxygen atoms in total. The monoisotopic (exact) mass is 195 g/mol. The van der Waals surface area contributed by atoms with Gasteiger partial charge in [-0.3, -0.25) is 0 Å². The average molecular weight is 196 g/mol. The molecule has 1 aromatic carbocycles. The number of benzene rings is 1. The Morgan fingerprint density at radius 2 is 2.15 bits per heavy atom. The summed E-state index contributed by atoms with van der Waals surface area (Å²) in [5, 5.41) is 3.58. The Morgan fingerprint density at radius 3 is 2.92 bits per heavy atom. The number of halogens is 1. The van der Waals surface area contributed by atoms with E-state index in [-0.39, 0.29) is 5.38 Å². The first-order chi connectivity index (χ1) is 6.18. The number of hydrogen-bond acceptors (Lipinski definition) is 1. The number of anilines is 1. The second kappa shape index (κ2) is 3.22.